The Labute approximate surface area is 163 Å². The van der Waals surface area contributed by atoms with Gasteiger partial charge in [-0.1, -0.05) is 30.3 Å². The van der Waals surface area contributed by atoms with E-state index in [0.717, 1.165) is 30.2 Å². The van der Waals surface area contributed by atoms with Gasteiger partial charge >= 0.3 is 0 Å². The van der Waals surface area contributed by atoms with Gasteiger partial charge in [-0.3, -0.25) is 4.79 Å². The summed E-state index contributed by atoms with van der Waals surface area (Å²) in [7, 11) is 0. The lowest BCUT2D eigenvalue weighted by molar-refractivity contribution is -0.115. The van der Waals surface area contributed by atoms with E-state index in [-0.39, 0.29) is 18.1 Å². The van der Waals surface area contributed by atoms with E-state index in [9.17, 15) is 9.18 Å². The average Bonchev–Trinajstić information content (AvgIpc) is 3.25. The molecule has 1 aliphatic heterocycles. The predicted octanol–water partition coefficient (Wildman–Crippen LogP) is 4.06. The SMILES string of the molecule is O=C(Cc1ccccc1F)Nc1ccc(-c2ccc(N3CCCC3)nn2)cc1. The molecule has 5 nitrogen and oxygen atoms in total. The Balaban J connectivity index is 1.39. The van der Waals surface area contributed by atoms with E-state index in [1.807, 2.05) is 36.4 Å². The summed E-state index contributed by atoms with van der Waals surface area (Å²) >= 11 is 0. The van der Waals surface area contributed by atoms with E-state index >= 15 is 0 Å². The topological polar surface area (TPSA) is 58.1 Å². The van der Waals surface area contributed by atoms with E-state index in [1.165, 1.54) is 18.9 Å². The van der Waals surface area contributed by atoms with Gasteiger partial charge in [-0.2, -0.15) is 0 Å². The van der Waals surface area contributed by atoms with Crippen LogP contribution in [0.25, 0.3) is 11.3 Å². The molecule has 2 aromatic carbocycles. The number of halogens is 1. The molecule has 3 aromatic rings. The Morgan fingerprint density at radius 1 is 0.964 bits per heavy atom. The first-order valence-corrected chi connectivity index (χ1v) is 9.41. The number of carbonyl (C=O) groups excluding carboxylic acids is 1. The van der Waals surface area contributed by atoms with Gasteiger partial charge in [0.1, 0.15) is 5.82 Å². The third kappa shape index (κ3) is 4.17. The van der Waals surface area contributed by atoms with Crippen LogP contribution in [0.4, 0.5) is 15.9 Å². The van der Waals surface area contributed by atoms with Crippen LogP contribution in [0.2, 0.25) is 0 Å². The van der Waals surface area contributed by atoms with Crippen molar-refractivity contribution in [2.24, 2.45) is 0 Å². The van der Waals surface area contributed by atoms with E-state index in [4.69, 9.17) is 0 Å². The van der Waals surface area contributed by atoms with Crippen LogP contribution in [0, 0.1) is 5.82 Å². The summed E-state index contributed by atoms with van der Waals surface area (Å²) in [5.41, 5.74) is 2.75. The highest BCUT2D eigenvalue weighted by Gasteiger charge is 2.14. The molecule has 1 N–H and O–H groups in total. The van der Waals surface area contributed by atoms with Crippen molar-refractivity contribution >= 4 is 17.4 Å². The van der Waals surface area contributed by atoms with Gasteiger partial charge in [0.05, 0.1) is 12.1 Å². The summed E-state index contributed by atoms with van der Waals surface area (Å²) in [4.78, 5) is 14.4. The van der Waals surface area contributed by atoms with E-state index in [0.29, 0.717) is 11.3 Å². The highest BCUT2D eigenvalue weighted by Crippen LogP contribution is 2.22. The molecule has 0 atom stereocenters. The lowest BCUT2D eigenvalue weighted by Crippen LogP contribution is -2.19. The lowest BCUT2D eigenvalue weighted by atomic mass is 10.1. The van der Waals surface area contributed by atoms with E-state index < -0.39 is 0 Å². The van der Waals surface area contributed by atoms with Gasteiger partial charge in [0.2, 0.25) is 5.91 Å². The number of hydrogen-bond acceptors (Lipinski definition) is 4. The Kier molecular flexibility index (Phi) is 5.28. The number of carbonyl (C=O) groups is 1. The largest absolute Gasteiger partial charge is 0.355 e. The molecule has 1 aromatic heterocycles. The maximum atomic E-state index is 13.7. The van der Waals surface area contributed by atoms with Gasteiger partial charge in [0.15, 0.2) is 5.82 Å². The van der Waals surface area contributed by atoms with E-state index in [1.54, 1.807) is 18.2 Å². The number of anilines is 2. The van der Waals surface area contributed by atoms with Crippen molar-refractivity contribution < 1.29 is 9.18 Å². The lowest BCUT2D eigenvalue weighted by Gasteiger charge is -2.15. The predicted molar refractivity (Wildman–Crippen MR) is 108 cm³/mol. The molecule has 0 bridgehead atoms. The molecule has 0 spiro atoms. The molecule has 1 amide bonds. The zero-order valence-corrected chi connectivity index (χ0v) is 15.4. The van der Waals surface area contributed by atoms with Crippen LogP contribution < -0.4 is 10.2 Å². The van der Waals surface area contributed by atoms with Crippen LogP contribution in [0.15, 0.2) is 60.7 Å². The first-order chi connectivity index (χ1) is 13.7. The van der Waals surface area contributed by atoms with Crippen LogP contribution in [-0.4, -0.2) is 29.2 Å². The number of nitrogens with one attached hydrogen (secondary N) is 1. The van der Waals surface area contributed by atoms with Crippen LogP contribution in [0.1, 0.15) is 18.4 Å². The van der Waals surface area contributed by atoms with Crippen LogP contribution >= 0.6 is 0 Å². The van der Waals surface area contributed by atoms with Crippen LogP contribution in [-0.2, 0) is 11.2 Å². The molecular formula is C22H21FN4O. The van der Waals surface area contributed by atoms with Gasteiger partial charge in [-0.15, -0.1) is 10.2 Å². The fraction of sp³-hybridized carbons (Fsp3) is 0.227. The fourth-order valence-corrected chi connectivity index (χ4v) is 3.34. The highest BCUT2D eigenvalue weighted by atomic mass is 19.1. The fourth-order valence-electron chi connectivity index (χ4n) is 3.34. The van der Waals surface area contributed by atoms with Crippen molar-refractivity contribution in [3.05, 3.63) is 72.0 Å². The molecule has 1 aliphatic rings. The van der Waals surface area contributed by atoms with Crippen molar-refractivity contribution in [3.63, 3.8) is 0 Å². The molecule has 1 saturated heterocycles. The molecule has 0 saturated carbocycles. The van der Waals surface area contributed by atoms with Gasteiger partial charge in [0, 0.05) is 24.3 Å². The Morgan fingerprint density at radius 3 is 2.39 bits per heavy atom. The van der Waals surface area contributed by atoms with Gasteiger partial charge in [-0.05, 0) is 48.7 Å². The summed E-state index contributed by atoms with van der Waals surface area (Å²) in [6.45, 7) is 2.07. The third-order valence-electron chi connectivity index (χ3n) is 4.85. The molecule has 2 heterocycles. The molecule has 0 unspecified atom stereocenters. The monoisotopic (exact) mass is 376 g/mol. The van der Waals surface area contributed by atoms with Crippen LogP contribution in [0.5, 0.6) is 0 Å². The zero-order chi connectivity index (χ0) is 19.3. The normalized spacial score (nSPS) is 13.5. The summed E-state index contributed by atoms with van der Waals surface area (Å²) in [6, 6.07) is 17.7. The second-order valence-electron chi connectivity index (χ2n) is 6.86. The van der Waals surface area contributed by atoms with Crippen LogP contribution in [0.3, 0.4) is 0 Å². The molecule has 6 heteroatoms. The van der Waals surface area contributed by atoms with Crippen molar-refractivity contribution in [1.82, 2.24) is 10.2 Å². The summed E-state index contributed by atoms with van der Waals surface area (Å²) in [6.07, 6.45) is 2.40. The Bertz CT molecular complexity index is 951. The summed E-state index contributed by atoms with van der Waals surface area (Å²) in [5.74, 6) is 0.287. The molecule has 0 aliphatic carbocycles. The van der Waals surface area contributed by atoms with Gasteiger partial charge in [0.25, 0.3) is 0 Å². The number of rotatable bonds is 5. The minimum Gasteiger partial charge on any atom is -0.355 e. The molecule has 1 fully saturated rings. The molecule has 0 radical (unpaired) electrons. The van der Waals surface area contributed by atoms with Crippen molar-refractivity contribution in [2.75, 3.05) is 23.3 Å². The first kappa shape index (κ1) is 18.1. The maximum Gasteiger partial charge on any atom is 0.228 e. The maximum absolute atomic E-state index is 13.7. The number of aromatic nitrogens is 2. The molecule has 142 valence electrons. The molecular weight excluding hydrogens is 355 g/mol. The van der Waals surface area contributed by atoms with Crippen molar-refractivity contribution in [2.45, 2.75) is 19.3 Å². The average molecular weight is 376 g/mol. The number of nitrogens with zero attached hydrogens (tertiary/aromatic N) is 3. The second-order valence-corrected chi connectivity index (χ2v) is 6.86. The smallest absolute Gasteiger partial charge is 0.228 e. The van der Waals surface area contributed by atoms with Gasteiger partial charge < -0.3 is 10.2 Å². The summed E-state index contributed by atoms with van der Waals surface area (Å²) in [5, 5.41) is 11.5. The molecule has 28 heavy (non-hydrogen) atoms. The van der Waals surface area contributed by atoms with Crippen molar-refractivity contribution in [3.8, 4) is 11.3 Å². The first-order valence-electron chi connectivity index (χ1n) is 9.41. The standard InChI is InChI=1S/C22H21FN4O/c23-19-6-2-1-5-17(19)15-22(28)24-18-9-7-16(8-10-18)20-11-12-21(26-25-20)27-13-3-4-14-27/h1-2,5-12H,3-4,13-15H2,(H,24,28). The number of benzene rings is 2. The zero-order valence-electron chi connectivity index (χ0n) is 15.4. The summed E-state index contributed by atoms with van der Waals surface area (Å²) < 4.78 is 13.7. The minimum absolute atomic E-state index is 0.00212. The number of amides is 1. The van der Waals surface area contributed by atoms with Crippen molar-refractivity contribution in [1.29, 1.82) is 0 Å². The third-order valence-corrected chi connectivity index (χ3v) is 4.85. The number of hydrogen-bond donors (Lipinski definition) is 1. The second kappa shape index (κ2) is 8.17. The quantitative estimate of drug-likeness (QED) is 0.729. The van der Waals surface area contributed by atoms with Gasteiger partial charge in [-0.25, -0.2) is 4.39 Å². The molecule has 4 rings (SSSR count). The minimum atomic E-state index is -0.371. The Morgan fingerprint density at radius 2 is 1.71 bits per heavy atom. The Hall–Kier alpha value is -3.28. The highest BCUT2D eigenvalue weighted by molar-refractivity contribution is 5.92. The van der Waals surface area contributed by atoms with E-state index in [2.05, 4.69) is 20.4 Å².